The largest absolute Gasteiger partial charge is 0.490 e. The van der Waals surface area contributed by atoms with Crippen molar-refractivity contribution in [2.75, 3.05) is 6.61 Å². The molecular formula is C30H27FN2O4. The molecule has 0 heterocycles. The molecule has 7 heteroatoms. The summed E-state index contributed by atoms with van der Waals surface area (Å²) in [6.07, 6.45) is 1.44. The minimum atomic E-state index is -1.93. The Hall–Kier alpha value is -4.49. The molecular weight excluding hydrogens is 471 g/mol. The number of hydrazone groups is 1. The minimum Gasteiger partial charge on any atom is -0.490 e. The summed E-state index contributed by atoms with van der Waals surface area (Å²) in [5.74, 6) is -0.130. The fraction of sp³-hybridized carbons (Fsp3) is 0.133. The number of hydrogen-bond acceptors (Lipinski definition) is 5. The number of nitrogens with one attached hydrogen (secondary N) is 1. The van der Waals surface area contributed by atoms with Crippen LogP contribution in [0.4, 0.5) is 4.39 Å². The number of amides is 1. The molecule has 0 saturated heterocycles. The Bertz CT molecular complexity index is 1320. The molecule has 6 nitrogen and oxygen atoms in total. The SMILES string of the molecule is CCOc1cc(/C=N\NC(=O)C(O)(c2ccccc2)c2ccccc2)ccc1OCc1ccccc1F. The zero-order valence-corrected chi connectivity index (χ0v) is 20.3. The molecule has 0 aliphatic rings. The van der Waals surface area contributed by atoms with Crippen molar-refractivity contribution in [1.82, 2.24) is 5.43 Å². The molecule has 0 radical (unpaired) electrons. The van der Waals surface area contributed by atoms with Gasteiger partial charge in [0.05, 0.1) is 12.8 Å². The average Bonchev–Trinajstić information content (AvgIpc) is 2.94. The number of halogens is 1. The van der Waals surface area contributed by atoms with Crippen LogP contribution in [-0.2, 0) is 17.0 Å². The Morgan fingerprint density at radius 3 is 2.14 bits per heavy atom. The van der Waals surface area contributed by atoms with Gasteiger partial charge < -0.3 is 14.6 Å². The molecule has 1 amide bonds. The molecule has 4 aromatic carbocycles. The van der Waals surface area contributed by atoms with E-state index in [2.05, 4.69) is 10.5 Å². The number of hydrogen-bond donors (Lipinski definition) is 2. The lowest BCUT2D eigenvalue weighted by Crippen LogP contribution is -2.43. The molecule has 188 valence electrons. The third-order valence-electron chi connectivity index (χ3n) is 5.70. The summed E-state index contributed by atoms with van der Waals surface area (Å²) in [6, 6.07) is 28.9. The normalized spacial score (nSPS) is 11.3. The van der Waals surface area contributed by atoms with Gasteiger partial charge >= 0.3 is 0 Å². The first-order chi connectivity index (χ1) is 18.0. The number of ether oxygens (including phenoxy) is 2. The zero-order chi connectivity index (χ0) is 26.1. The van der Waals surface area contributed by atoms with Crippen molar-refractivity contribution in [2.45, 2.75) is 19.1 Å². The van der Waals surface area contributed by atoms with Crippen LogP contribution in [0.3, 0.4) is 0 Å². The molecule has 0 bridgehead atoms. The quantitative estimate of drug-likeness (QED) is 0.233. The molecule has 0 fully saturated rings. The molecule has 0 saturated carbocycles. The van der Waals surface area contributed by atoms with Crippen LogP contribution in [0.15, 0.2) is 108 Å². The molecule has 0 atom stereocenters. The highest BCUT2D eigenvalue weighted by Crippen LogP contribution is 2.31. The Labute approximate surface area is 215 Å². The summed E-state index contributed by atoms with van der Waals surface area (Å²) < 4.78 is 25.4. The minimum absolute atomic E-state index is 0.0494. The van der Waals surface area contributed by atoms with Crippen LogP contribution in [-0.4, -0.2) is 23.8 Å². The van der Waals surface area contributed by atoms with Crippen LogP contribution < -0.4 is 14.9 Å². The number of rotatable bonds is 10. The van der Waals surface area contributed by atoms with Crippen molar-refractivity contribution in [2.24, 2.45) is 5.10 Å². The van der Waals surface area contributed by atoms with E-state index in [4.69, 9.17) is 9.47 Å². The monoisotopic (exact) mass is 498 g/mol. The van der Waals surface area contributed by atoms with Gasteiger partial charge in [-0.3, -0.25) is 4.79 Å². The maximum absolute atomic E-state index is 13.9. The number of benzene rings is 4. The lowest BCUT2D eigenvalue weighted by atomic mass is 9.85. The van der Waals surface area contributed by atoms with E-state index in [1.807, 2.05) is 19.1 Å². The zero-order valence-electron chi connectivity index (χ0n) is 20.3. The second kappa shape index (κ2) is 12.0. The number of carbonyl (C=O) groups is 1. The van der Waals surface area contributed by atoms with E-state index in [-0.39, 0.29) is 12.4 Å². The Morgan fingerprint density at radius 1 is 0.892 bits per heavy atom. The van der Waals surface area contributed by atoms with E-state index >= 15 is 0 Å². The van der Waals surface area contributed by atoms with Crippen molar-refractivity contribution in [3.8, 4) is 11.5 Å². The van der Waals surface area contributed by atoms with Crippen LogP contribution in [0.2, 0.25) is 0 Å². The third kappa shape index (κ3) is 6.02. The highest BCUT2D eigenvalue weighted by molar-refractivity contribution is 5.91. The van der Waals surface area contributed by atoms with E-state index in [0.29, 0.717) is 40.4 Å². The first-order valence-corrected chi connectivity index (χ1v) is 11.8. The van der Waals surface area contributed by atoms with Gasteiger partial charge in [-0.15, -0.1) is 0 Å². The molecule has 0 spiro atoms. The molecule has 4 rings (SSSR count). The first kappa shape index (κ1) is 25.6. The van der Waals surface area contributed by atoms with E-state index in [0.717, 1.165) is 0 Å². The van der Waals surface area contributed by atoms with E-state index in [9.17, 15) is 14.3 Å². The number of carbonyl (C=O) groups excluding carboxylic acids is 1. The Balaban J connectivity index is 1.51. The molecule has 0 aromatic heterocycles. The lowest BCUT2D eigenvalue weighted by molar-refractivity contribution is -0.136. The molecule has 2 N–H and O–H groups in total. The average molecular weight is 499 g/mol. The van der Waals surface area contributed by atoms with Crippen molar-refractivity contribution < 1.29 is 23.8 Å². The molecule has 0 aliphatic carbocycles. The fourth-order valence-electron chi connectivity index (χ4n) is 3.80. The summed E-state index contributed by atoms with van der Waals surface area (Å²) in [7, 11) is 0. The smallest absolute Gasteiger partial charge is 0.281 e. The Kier molecular flexibility index (Phi) is 8.28. The van der Waals surface area contributed by atoms with Gasteiger partial charge in [-0.1, -0.05) is 78.9 Å². The predicted octanol–water partition coefficient (Wildman–Crippen LogP) is 5.19. The van der Waals surface area contributed by atoms with Crippen LogP contribution in [0, 0.1) is 5.82 Å². The van der Waals surface area contributed by atoms with Crippen molar-refractivity contribution >= 4 is 12.1 Å². The second-order valence-corrected chi connectivity index (χ2v) is 8.16. The van der Waals surface area contributed by atoms with Gasteiger partial charge in [0, 0.05) is 5.56 Å². The fourth-order valence-corrected chi connectivity index (χ4v) is 3.80. The Morgan fingerprint density at radius 2 is 1.51 bits per heavy atom. The van der Waals surface area contributed by atoms with Gasteiger partial charge in [0.25, 0.3) is 5.91 Å². The molecule has 4 aromatic rings. The standard InChI is InChI=1S/C30H27FN2O4/c1-2-36-28-19-22(17-18-27(28)37-21-23-11-9-10-16-26(23)31)20-32-33-29(34)30(35,24-12-5-3-6-13-24)25-14-7-4-8-15-25/h3-20,35H,2,21H2,1H3,(H,33,34)/b32-20-. The van der Waals surface area contributed by atoms with Crippen molar-refractivity contribution in [3.05, 3.63) is 131 Å². The van der Waals surface area contributed by atoms with Crippen LogP contribution in [0.25, 0.3) is 0 Å². The van der Waals surface area contributed by atoms with Crippen LogP contribution in [0.1, 0.15) is 29.2 Å². The van der Waals surface area contributed by atoms with Gasteiger partial charge in [-0.2, -0.15) is 5.10 Å². The first-order valence-electron chi connectivity index (χ1n) is 11.8. The van der Waals surface area contributed by atoms with Gasteiger partial charge in [0.2, 0.25) is 0 Å². The maximum atomic E-state index is 13.9. The van der Waals surface area contributed by atoms with E-state index in [1.165, 1.54) is 12.3 Å². The van der Waals surface area contributed by atoms with E-state index < -0.39 is 11.5 Å². The molecule has 0 aliphatic heterocycles. The van der Waals surface area contributed by atoms with E-state index in [1.54, 1.807) is 84.9 Å². The lowest BCUT2D eigenvalue weighted by Gasteiger charge is -2.27. The molecule has 37 heavy (non-hydrogen) atoms. The third-order valence-corrected chi connectivity index (χ3v) is 5.70. The van der Waals surface area contributed by atoms with Crippen LogP contribution in [0.5, 0.6) is 11.5 Å². The molecule has 0 unspecified atom stereocenters. The number of aliphatic hydroxyl groups is 1. The topological polar surface area (TPSA) is 80.2 Å². The van der Waals surface area contributed by atoms with Gasteiger partial charge in [-0.05, 0) is 47.9 Å². The van der Waals surface area contributed by atoms with Gasteiger partial charge in [0.15, 0.2) is 17.1 Å². The van der Waals surface area contributed by atoms with Crippen molar-refractivity contribution in [3.63, 3.8) is 0 Å². The number of nitrogens with zero attached hydrogens (tertiary/aromatic N) is 1. The highest BCUT2D eigenvalue weighted by Gasteiger charge is 2.39. The van der Waals surface area contributed by atoms with Gasteiger partial charge in [-0.25, -0.2) is 9.82 Å². The predicted molar refractivity (Wildman–Crippen MR) is 140 cm³/mol. The maximum Gasteiger partial charge on any atom is 0.281 e. The summed E-state index contributed by atoms with van der Waals surface area (Å²) in [6.45, 7) is 2.29. The second-order valence-electron chi connectivity index (χ2n) is 8.16. The summed E-state index contributed by atoms with van der Waals surface area (Å²) in [5, 5.41) is 15.6. The van der Waals surface area contributed by atoms with Crippen molar-refractivity contribution in [1.29, 1.82) is 0 Å². The van der Waals surface area contributed by atoms with Crippen LogP contribution >= 0.6 is 0 Å². The summed E-state index contributed by atoms with van der Waals surface area (Å²) in [4.78, 5) is 13.2. The van der Waals surface area contributed by atoms with Gasteiger partial charge in [0.1, 0.15) is 12.4 Å². The summed E-state index contributed by atoms with van der Waals surface area (Å²) >= 11 is 0. The highest BCUT2D eigenvalue weighted by atomic mass is 19.1. The summed E-state index contributed by atoms with van der Waals surface area (Å²) in [5.41, 5.74) is 2.43.